The van der Waals surface area contributed by atoms with Crippen molar-refractivity contribution in [1.29, 1.82) is 0 Å². The molecule has 2 atom stereocenters. The van der Waals surface area contributed by atoms with E-state index in [-0.39, 0.29) is 30.3 Å². The Labute approximate surface area is 132 Å². The van der Waals surface area contributed by atoms with E-state index in [4.69, 9.17) is 0 Å². The maximum absolute atomic E-state index is 12.5. The molecule has 0 spiro atoms. The monoisotopic (exact) mass is 312 g/mol. The lowest BCUT2D eigenvalue weighted by Crippen LogP contribution is -2.48. The van der Waals surface area contributed by atoms with Crippen LogP contribution in [0.15, 0.2) is 6.20 Å². The van der Waals surface area contributed by atoms with Crippen molar-refractivity contribution in [1.82, 2.24) is 20.6 Å². The van der Waals surface area contributed by atoms with Gasteiger partial charge in [0, 0.05) is 12.2 Å². The van der Waals surface area contributed by atoms with Crippen LogP contribution in [0, 0.1) is 12.8 Å². The summed E-state index contributed by atoms with van der Waals surface area (Å²) < 4.78 is 0. The molecule has 2 N–H and O–H groups in total. The molecule has 0 bridgehead atoms. The Morgan fingerprint density at radius 3 is 2.81 bits per heavy atom. The van der Waals surface area contributed by atoms with Crippen LogP contribution in [0.4, 0.5) is 0 Å². The molecule has 21 heavy (non-hydrogen) atoms. The molecule has 1 saturated heterocycles. The number of amides is 1. The second-order valence-corrected chi connectivity index (χ2v) is 5.92. The predicted octanol–water partition coefficient (Wildman–Crippen LogP) is 2.06. The number of aromatic nitrogens is 2. The number of carbonyl (C=O) groups excluding carboxylic acids is 1. The van der Waals surface area contributed by atoms with Gasteiger partial charge in [0.15, 0.2) is 0 Å². The van der Waals surface area contributed by atoms with Crippen LogP contribution in [-0.2, 0) is 0 Å². The third kappa shape index (κ3) is 4.38. The van der Waals surface area contributed by atoms with E-state index in [0.29, 0.717) is 17.3 Å². The number of piperidine rings is 1. The zero-order valence-electron chi connectivity index (χ0n) is 13.1. The number of carbonyl (C=O) groups is 1. The zero-order chi connectivity index (χ0) is 14.7. The fraction of sp³-hybridized carbons (Fsp3) is 0.667. The molecule has 0 aliphatic carbocycles. The first-order valence-corrected chi connectivity index (χ1v) is 7.34. The summed E-state index contributed by atoms with van der Waals surface area (Å²) in [5, 5.41) is 6.48. The summed E-state index contributed by atoms with van der Waals surface area (Å²) >= 11 is 0. The van der Waals surface area contributed by atoms with Crippen LogP contribution in [0.3, 0.4) is 0 Å². The molecule has 2 heterocycles. The van der Waals surface area contributed by atoms with Gasteiger partial charge < -0.3 is 10.6 Å². The summed E-state index contributed by atoms with van der Waals surface area (Å²) in [5.41, 5.74) is 1.44. The molecule has 1 aromatic heterocycles. The third-order valence-corrected chi connectivity index (χ3v) is 3.83. The standard InChI is InChI=1S/C15H24N4O.ClH/c1-9(2)14-12(8-17-11(4)18-14)15(20)19-13-5-6-16-7-10(13)3;/h8-10,13,16H,5-7H2,1-4H3,(H,19,20);1H. The molecule has 1 aliphatic heterocycles. The molecule has 1 amide bonds. The first-order chi connectivity index (χ1) is 9.49. The molecule has 0 radical (unpaired) electrons. The maximum Gasteiger partial charge on any atom is 0.254 e. The maximum atomic E-state index is 12.5. The van der Waals surface area contributed by atoms with Crippen molar-refractivity contribution in [3.05, 3.63) is 23.3 Å². The molecule has 0 saturated carbocycles. The topological polar surface area (TPSA) is 66.9 Å². The van der Waals surface area contributed by atoms with Gasteiger partial charge in [-0.15, -0.1) is 12.4 Å². The lowest BCUT2D eigenvalue weighted by Gasteiger charge is -2.30. The second-order valence-electron chi connectivity index (χ2n) is 5.92. The van der Waals surface area contributed by atoms with Crippen LogP contribution in [-0.4, -0.2) is 35.0 Å². The minimum absolute atomic E-state index is 0. The average Bonchev–Trinajstić information content (AvgIpc) is 2.41. The largest absolute Gasteiger partial charge is 0.349 e. The van der Waals surface area contributed by atoms with Gasteiger partial charge in [-0.1, -0.05) is 20.8 Å². The van der Waals surface area contributed by atoms with Gasteiger partial charge in [-0.3, -0.25) is 4.79 Å². The minimum Gasteiger partial charge on any atom is -0.349 e. The number of rotatable bonds is 3. The van der Waals surface area contributed by atoms with Gasteiger partial charge in [0.25, 0.3) is 5.91 Å². The van der Waals surface area contributed by atoms with Crippen molar-refractivity contribution in [3.63, 3.8) is 0 Å². The van der Waals surface area contributed by atoms with Crippen molar-refractivity contribution < 1.29 is 4.79 Å². The summed E-state index contributed by atoms with van der Waals surface area (Å²) in [4.78, 5) is 21.1. The lowest BCUT2D eigenvalue weighted by molar-refractivity contribution is 0.0912. The first-order valence-electron chi connectivity index (χ1n) is 7.34. The van der Waals surface area contributed by atoms with Gasteiger partial charge in [-0.05, 0) is 38.3 Å². The Morgan fingerprint density at radius 1 is 1.48 bits per heavy atom. The lowest BCUT2D eigenvalue weighted by atomic mass is 9.94. The molecule has 118 valence electrons. The first kappa shape index (κ1) is 17.9. The van der Waals surface area contributed by atoms with Crippen LogP contribution in [0.25, 0.3) is 0 Å². The van der Waals surface area contributed by atoms with Crippen LogP contribution in [0.2, 0.25) is 0 Å². The molecule has 6 heteroatoms. The fourth-order valence-corrected chi connectivity index (χ4v) is 2.58. The molecular weight excluding hydrogens is 288 g/mol. The molecule has 1 fully saturated rings. The van der Waals surface area contributed by atoms with Crippen molar-refractivity contribution >= 4 is 18.3 Å². The summed E-state index contributed by atoms with van der Waals surface area (Å²) in [6.45, 7) is 10.0. The van der Waals surface area contributed by atoms with Gasteiger partial charge in [0.05, 0.1) is 11.3 Å². The molecule has 5 nitrogen and oxygen atoms in total. The highest BCUT2D eigenvalue weighted by Gasteiger charge is 2.25. The number of halogens is 1. The van der Waals surface area contributed by atoms with Crippen molar-refractivity contribution in [2.45, 2.75) is 46.1 Å². The smallest absolute Gasteiger partial charge is 0.254 e. The number of nitrogens with zero attached hydrogens (tertiary/aromatic N) is 2. The highest BCUT2D eigenvalue weighted by molar-refractivity contribution is 5.95. The van der Waals surface area contributed by atoms with Gasteiger partial charge in [-0.25, -0.2) is 9.97 Å². The Balaban J connectivity index is 0.00000220. The van der Waals surface area contributed by atoms with E-state index in [0.717, 1.165) is 25.2 Å². The Bertz CT molecular complexity index is 493. The predicted molar refractivity (Wildman–Crippen MR) is 86.0 cm³/mol. The minimum atomic E-state index is -0.0487. The van der Waals surface area contributed by atoms with Gasteiger partial charge >= 0.3 is 0 Å². The number of aryl methyl sites for hydroxylation is 1. The molecular formula is C15H25ClN4O. The van der Waals surface area contributed by atoms with Crippen LogP contribution < -0.4 is 10.6 Å². The van der Waals surface area contributed by atoms with Crippen molar-refractivity contribution in [3.8, 4) is 0 Å². The summed E-state index contributed by atoms with van der Waals surface area (Å²) in [6.07, 6.45) is 2.62. The zero-order valence-corrected chi connectivity index (χ0v) is 14.0. The van der Waals surface area contributed by atoms with E-state index < -0.39 is 0 Å². The van der Waals surface area contributed by atoms with Crippen molar-refractivity contribution in [2.24, 2.45) is 5.92 Å². The average molecular weight is 313 g/mol. The number of nitrogens with one attached hydrogen (secondary N) is 2. The number of hydrogen-bond acceptors (Lipinski definition) is 4. The van der Waals surface area contributed by atoms with Gasteiger partial charge in [0.2, 0.25) is 0 Å². The number of hydrogen-bond donors (Lipinski definition) is 2. The Kier molecular flexibility index (Phi) is 6.55. The van der Waals surface area contributed by atoms with E-state index >= 15 is 0 Å². The van der Waals surface area contributed by atoms with Crippen LogP contribution >= 0.6 is 12.4 Å². The molecule has 1 aromatic rings. The van der Waals surface area contributed by atoms with Crippen LogP contribution in [0.5, 0.6) is 0 Å². The van der Waals surface area contributed by atoms with Crippen LogP contribution in [0.1, 0.15) is 55.0 Å². The van der Waals surface area contributed by atoms with Crippen molar-refractivity contribution in [2.75, 3.05) is 13.1 Å². The molecule has 0 aromatic carbocycles. The van der Waals surface area contributed by atoms with E-state index in [1.54, 1.807) is 6.20 Å². The highest BCUT2D eigenvalue weighted by atomic mass is 35.5. The third-order valence-electron chi connectivity index (χ3n) is 3.83. The Hall–Kier alpha value is -1.20. The quantitative estimate of drug-likeness (QED) is 0.896. The van der Waals surface area contributed by atoms with E-state index in [1.165, 1.54) is 0 Å². The summed E-state index contributed by atoms with van der Waals surface area (Å²) in [6, 6.07) is 0.227. The van der Waals surface area contributed by atoms with Gasteiger partial charge in [-0.2, -0.15) is 0 Å². The molecule has 2 unspecified atom stereocenters. The summed E-state index contributed by atoms with van der Waals surface area (Å²) in [7, 11) is 0. The molecule has 2 rings (SSSR count). The van der Waals surface area contributed by atoms with E-state index in [1.807, 2.05) is 20.8 Å². The fourth-order valence-electron chi connectivity index (χ4n) is 2.58. The Morgan fingerprint density at radius 2 is 2.19 bits per heavy atom. The molecule has 1 aliphatic rings. The van der Waals surface area contributed by atoms with E-state index in [9.17, 15) is 4.79 Å². The summed E-state index contributed by atoms with van der Waals surface area (Å²) in [5.74, 6) is 1.32. The van der Waals surface area contributed by atoms with E-state index in [2.05, 4.69) is 27.5 Å². The van der Waals surface area contributed by atoms with Gasteiger partial charge in [0.1, 0.15) is 5.82 Å². The second kappa shape index (κ2) is 7.71. The normalized spacial score (nSPS) is 21.8. The SMILES string of the molecule is Cc1ncc(C(=O)NC2CCNCC2C)c(C(C)C)n1.Cl. The highest BCUT2D eigenvalue weighted by Crippen LogP contribution is 2.18.